The number of aliphatic hydroxyl groups excluding tert-OH is 1. The largest absolute Gasteiger partial charge is 0.480 e. The minimum absolute atomic E-state index is 0.00156. The fourth-order valence-electron chi connectivity index (χ4n) is 8.00. The van der Waals surface area contributed by atoms with Gasteiger partial charge in [0.1, 0.15) is 11.8 Å². The molecule has 0 radical (unpaired) electrons. The lowest BCUT2D eigenvalue weighted by molar-refractivity contribution is -0.208. The van der Waals surface area contributed by atoms with Crippen LogP contribution in [0.1, 0.15) is 125 Å². The number of allylic oxidation sites excluding steroid dienone is 4. The van der Waals surface area contributed by atoms with E-state index in [9.17, 15) is 39.6 Å². The molecule has 12 nitrogen and oxygen atoms in total. The van der Waals surface area contributed by atoms with E-state index in [0.717, 1.165) is 36.2 Å². The van der Waals surface area contributed by atoms with Crippen molar-refractivity contribution >= 4 is 23.4 Å². The second-order valence-corrected chi connectivity index (χ2v) is 16.1. The third-order valence-electron chi connectivity index (χ3n) is 11.3. The van der Waals surface area contributed by atoms with Gasteiger partial charge in [0.05, 0.1) is 24.4 Å². The van der Waals surface area contributed by atoms with Crippen LogP contribution in [-0.4, -0.2) is 113 Å². The van der Waals surface area contributed by atoms with Crippen molar-refractivity contribution in [2.75, 3.05) is 27.9 Å². The number of aliphatic carboxylic acids is 1. The molecular formula is C41H69NO11. The number of methoxy groups -OCH3 is 3. The zero-order valence-corrected chi connectivity index (χ0v) is 33.6. The number of ether oxygens (including phenoxy) is 3. The van der Waals surface area contributed by atoms with Crippen LogP contribution >= 0.6 is 0 Å². The molecule has 1 amide bonds. The van der Waals surface area contributed by atoms with Crippen molar-refractivity contribution < 1.29 is 53.8 Å². The number of aliphatic hydroxyl groups is 3. The van der Waals surface area contributed by atoms with Crippen molar-refractivity contribution in [3.05, 3.63) is 23.3 Å². The zero-order chi connectivity index (χ0) is 39.9. The van der Waals surface area contributed by atoms with Crippen molar-refractivity contribution in [1.29, 1.82) is 0 Å². The molecule has 2 rings (SSSR count). The SMILES string of the molecule is COC1CCCC(/C=C(\C)C[C@H](C)C(O)CC(=O)C/C=C(\C)CC(C)C[C@@H](CC(CC(C)C(O)(O)C(=O)C(=O)N2CCCCC2C(=O)O)OC)OC)C1. The molecule has 2 aliphatic rings. The normalized spacial score (nSPS) is 23.8. The van der Waals surface area contributed by atoms with Crippen LogP contribution in [0.5, 0.6) is 0 Å². The summed E-state index contributed by atoms with van der Waals surface area (Å²) in [6, 6.07) is -1.18. The van der Waals surface area contributed by atoms with Gasteiger partial charge >= 0.3 is 5.97 Å². The van der Waals surface area contributed by atoms with E-state index < -0.39 is 47.6 Å². The van der Waals surface area contributed by atoms with Gasteiger partial charge in [-0.1, -0.05) is 50.5 Å². The Morgan fingerprint density at radius 1 is 0.849 bits per heavy atom. The number of carboxylic acid groups (broad SMARTS) is 1. The van der Waals surface area contributed by atoms with Crippen molar-refractivity contribution in [1.82, 2.24) is 4.90 Å². The monoisotopic (exact) mass is 751 g/mol. The lowest BCUT2D eigenvalue weighted by atomic mass is 9.84. The van der Waals surface area contributed by atoms with Gasteiger partial charge in [-0.25, -0.2) is 4.79 Å². The summed E-state index contributed by atoms with van der Waals surface area (Å²) in [5.41, 5.74) is 2.31. The fourth-order valence-corrected chi connectivity index (χ4v) is 8.00. The van der Waals surface area contributed by atoms with Gasteiger partial charge in [0.15, 0.2) is 0 Å². The summed E-state index contributed by atoms with van der Waals surface area (Å²) in [5, 5.41) is 41.9. The molecule has 0 aromatic rings. The number of Topliss-reactive ketones (excluding diaryl/α,β-unsaturated/α-hetero) is 2. The van der Waals surface area contributed by atoms with Gasteiger partial charge in [0.2, 0.25) is 5.79 Å². The first-order valence-corrected chi connectivity index (χ1v) is 19.6. The van der Waals surface area contributed by atoms with E-state index in [-0.39, 0.29) is 56.0 Å². The second-order valence-electron chi connectivity index (χ2n) is 16.1. The number of hydrogen-bond acceptors (Lipinski definition) is 10. The highest BCUT2D eigenvalue weighted by atomic mass is 16.5. The Hall–Kier alpha value is -2.48. The Labute approximate surface area is 317 Å². The maximum atomic E-state index is 13.0. The van der Waals surface area contributed by atoms with Gasteiger partial charge in [-0.2, -0.15) is 0 Å². The summed E-state index contributed by atoms with van der Waals surface area (Å²) >= 11 is 0. The van der Waals surface area contributed by atoms with E-state index in [0.29, 0.717) is 37.7 Å². The quantitative estimate of drug-likeness (QED) is 0.0597. The molecule has 7 unspecified atom stereocenters. The summed E-state index contributed by atoms with van der Waals surface area (Å²) < 4.78 is 16.9. The van der Waals surface area contributed by atoms with Crippen LogP contribution in [0.3, 0.4) is 0 Å². The molecule has 1 saturated carbocycles. The topological polar surface area (TPSA) is 180 Å². The van der Waals surface area contributed by atoms with Crippen LogP contribution < -0.4 is 0 Å². The van der Waals surface area contributed by atoms with Gasteiger partial charge < -0.3 is 39.5 Å². The van der Waals surface area contributed by atoms with Gasteiger partial charge in [-0.3, -0.25) is 14.4 Å². The molecular weight excluding hydrogens is 682 g/mol. The molecule has 9 atom stereocenters. The molecule has 0 aromatic carbocycles. The van der Waals surface area contributed by atoms with Gasteiger partial charge in [-0.05, 0) is 102 Å². The van der Waals surface area contributed by atoms with Gasteiger partial charge in [-0.15, -0.1) is 0 Å². The third kappa shape index (κ3) is 15.3. The number of hydrogen-bond donors (Lipinski definition) is 4. The Bertz CT molecular complexity index is 1250. The summed E-state index contributed by atoms with van der Waals surface area (Å²) in [7, 11) is 4.85. The summed E-state index contributed by atoms with van der Waals surface area (Å²) in [4.78, 5) is 51.2. The summed E-state index contributed by atoms with van der Waals surface area (Å²) in [6.07, 6.45) is 11.9. The smallest absolute Gasteiger partial charge is 0.326 e. The van der Waals surface area contributed by atoms with E-state index in [1.807, 2.05) is 19.9 Å². The Balaban J connectivity index is 1.84. The van der Waals surface area contributed by atoms with Crippen molar-refractivity contribution in [2.24, 2.45) is 23.7 Å². The van der Waals surface area contributed by atoms with Crippen molar-refractivity contribution in [3.63, 3.8) is 0 Å². The first kappa shape index (κ1) is 46.7. The molecule has 1 saturated heterocycles. The van der Waals surface area contributed by atoms with Crippen LogP contribution in [-0.2, 0) is 33.4 Å². The number of carbonyl (C=O) groups is 4. The molecule has 0 bridgehead atoms. The Morgan fingerprint density at radius 2 is 1.51 bits per heavy atom. The van der Waals surface area contributed by atoms with Crippen LogP contribution in [0.4, 0.5) is 0 Å². The van der Waals surface area contributed by atoms with Crippen LogP contribution in [0.2, 0.25) is 0 Å². The highest BCUT2D eigenvalue weighted by Gasteiger charge is 2.47. The third-order valence-corrected chi connectivity index (χ3v) is 11.3. The molecule has 12 heteroatoms. The minimum Gasteiger partial charge on any atom is -0.480 e. The lowest BCUT2D eigenvalue weighted by Gasteiger charge is -2.35. The van der Waals surface area contributed by atoms with E-state index in [4.69, 9.17) is 14.2 Å². The first-order valence-electron chi connectivity index (χ1n) is 19.6. The molecule has 304 valence electrons. The maximum Gasteiger partial charge on any atom is 0.326 e. The average Bonchev–Trinajstić information content (AvgIpc) is 3.12. The number of likely N-dealkylation sites (tertiary alicyclic amines) is 1. The second kappa shape index (κ2) is 22.8. The predicted octanol–water partition coefficient (Wildman–Crippen LogP) is 5.40. The Morgan fingerprint density at radius 3 is 2.13 bits per heavy atom. The highest BCUT2D eigenvalue weighted by Crippen LogP contribution is 2.31. The van der Waals surface area contributed by atoms with Crippen LogP contribution in [0.25, 0.3) is 0 Å². The molecule has 2 fully saturated rings. The number of carbonyl (C=O) groups excluding carboxylic acids is 3. The predicted molar refractivity (Wildman–Crippen MR) is 202 cm³/mol. The molecule has 0 aromatic heterocycles. The lowest BCUT2D eigenvalue weighted by Crippen LogP contribution is -2.57. The van der Waals surface area contributed by atoms with Gasteiger partial charge in [0.25, 0.3) is 11.7 Å². The molecule has 4 N–H and O–H groups in total. The number of piperidine rings is 1. The molecule has 0 spiro atoms. The maximum absolute atomic E-state index is 13.0. The number of amides is 1. The van der Waals surface area contributed by atoms with E-state index >= 15 is 0 Å². The van der Waals surface area contributed by atoms with E-state index in [1.165, 1.54) is 32.4 Å². The van der Waals surface area contributed by atoms with Crippen LogP contribution in [0.15, 0.2) is 23.3 Å². The standard InChI is InChI=1S/C41H69NO11/c1-26(15-16-32(43)24-37(44)29(4)19-28(3)20-31-12-11-13-33(23-31)51-6)18-27(2)21-34(52-7)25-35(53-8)22-30(5)41(49,50)38(45)39(46)42-17-10-9-14-36(42)40(47)48/h15,20,27,29-31,33-37,44,49-50H,9-14,16-19,21-25H2,1-8H3,(H,47,48)/b26-15+,28-20+/t27?,29-,30?,31?,33?,34-,35?,36?,37?/m0/s1. The highest BCUT2D eigenvalue weighted by molar-refractivity contribution is 6.39. The van der Waals surface area contributed by atoms with Gasteiger partial charge in [0, 0.05) is 46.6 Å². The molecule has 53 heavy (non-hydrogen) atoms. The number of carboxylic acids is 1. The summed E-state index contributed by atoms with van der Waals surface area (Å²) in [6.45, 7) is 9.67. The van der Waals surface area contributed by atoms with Crippen molar-refractivity contribution in [2.45, 2.75) is 161 Å². The summed E-state index contributed by atoms with van der Waals surface area (Å²) in [5.74, 6) is -7.32. The van der Waals surface area contributed by atoms with E-state index in [1.54, 1.807) is 14.2 Å². The van der Waals surface area contributed by atoms with Crippen LogP contribution in [0, 0.1) is 23.7 Å². The number of ketones is 2. The zero-order valence-electron chi connectivity index (χ0n) is 33.6. The minimum atomic E-state index is -3.00. The van der Waals surface area contributed by atoms with Crippen molar-refractivity contribution in [3.8, 4) is 0 Å². The Kier molecular flexibility index (Phi) is 20.1. The first-order chi connectivity index (χ1) is 24.9. The van der Waals surface area contributed by atoms with E-state index in [2.05, 4.69) is 19.9 Å². The fraction of sp³-hybridized carbons (Fsp3) is 0.805. The number of nitrogens with zero attached hydrogens (tertiary/aromatic N) is 1. The molecule has 1 aliphatic carbocycles. The molecule has 1 aliphatic heterocycles. The average molecular weight is 752 g/mol. The number of rotatable bonds is 23. The molecule has 1 heterocycles.